The molecule has 1 aliphatic carbocycles. The highest BCUT2D eigenvalue weighted by Crippen LogP contribution is 2.25. The zero-order valence-corrected chi connectivity index (χ0v) is 12.2. The Morgan fingerprint density at radius 1 is 1.20 bits per heavy atom. The maximum atomic E-state index is 12.3. The molecule has 2 rings (SSSR count). The molecule has 2 unspecified atom stereocenters. The summed E-state index contributed by atoms with van der Waals surface area (Å²) in [4.78, 5) is 23.2. The zero-order chi connectivity index (χ0) is 14.5. The predicted molar refractivity (Wildman–Crippen MR) is 76.3 cm³/mol. The standard InChI is InChI=1S/C15H26N2O3/c1-2-10-7-8-16-13(9-10)14(18)17-12-5-3-11(4-6-12)15(19)20/h10-13,16H,2-9H2,1H3,(H,17,18)(H,19,20). The van der Waals surface area contributed by atoms with E-state index in [9.17, 15) is 9.59 Å². The normalized spacial score (nSPS) is 34.5. The van der Waals surface area contributed by atoms with Crippen molar-refractivity contribution in [2.24, 2.45) is 11.8 Å². The molecule has 0 aromatic heterocycles. The van der Waals surface area contributed by atoms with E-state index in [0.29, 0.717) is 18.8 Å². The third kappa shape index (κ3) is 3.95. The number of aliphatic carboxylic acids is 1. The molecule has 0 bridgehead atoms. The number of rotatable bonds is 4. The van der Waals surface area contributed by atoms with E-state index in [2.05, 4.69) is 17.6 Å². The van der Waals surface area contributed by atoms with Gasteiger partial charge in [-0.05, 0) is 51.0 Å². The first-order valence-corrected chi connectivity index (χ1v) is 7.86. The second-order valence-electron chi connectivity index (χ2n) is 6.20. The fourth-order valence-electron chi connectivity index (χ4n) is 3.35. The van der Waals surface area contributed by atoms with E-state index in [1.54, 1.807) is 0 Å². The van der Waals surface area contributed by atoms with Crippen LogP contribution >= 0.6 is 0 Å². The van der Waals surface area contributed by atoms with Crippen LogP contribution in [0.1, 0.15) is 51.9 Å². The minimum Gasteiger partial charge on any atom is -0.481 e. The monoisotopic (exact) mass is 282 g/mol. The third-order valence-corrected chi connectivity index (χ3v) is 4.83. The summed E-state index contributed by atoms with van der Waals surface area (Å²) in [5, 5.41) is 15.4. The lowest BCUT2D eigenvalue weighted by molar-refractivity contribution is -0.142. The molecule has 3 N–H and O–H groups in total. The van der Waals surface area contributed by atoms with Crippen LogP contribution in [0.5, 0.6) is 0 Å². The van der Waals surface area contributed by atoms with Gasteiger partial charge in [0.1, 0.15) is 0 Å². The van der Waals surface area contributed by atoms with Crippen LogP contribution in [0.25, 0.3) is 0 Å². The van der Waals surface area contributed by atoms with E-state index in [-0.39, 0.29) is 23.9 Å². The Labute approximate surface area is 120 Å². The first-order chi connectivity index (χ1) is 9.60. The van der Waals surface area contributed by atoms with Crippen LogP contribution in [0, 0.1) is 11.8 Å². The quantitative estimate of drug-likeness (QED) is 0.730. The predicted octanol–water partition coefficient (Wildman–Crippen LogP) is 1.52. The summed E-state index contributed by atoms with van der Waals surface area (Å²) in [7, 11) is 0. The summed E-state index contributed by atoms with van der Waals surface area (Å²) >= 11 is 0. The van der Waals surface area contributed by atoms with Gasteiger partial charge >= 0.3 is 5.97 Å². The van der Waals surface area contributed by atoms with Gasteiger partial charge in [-0.3, -0.25) is 9.59 Å². The van der Waals surface area contributed by atoms with Crippen LogP contribution in [-0.2, 0) is 9.59 Å². The molecule has 1 saturated carbocycles. The Morgan fingerprint density at radius 3 is 2.50 bits per heavy atom. The Kier molecular flexibility index (Phi) is 5.40. The zero-order valence-electron chi connectivity index (χ0n) is 12.2. The second-order valence-corrected chi connectivity index (χ2v) is 6.20. The van der Waals surface area contributed by atoms with Gasteiger partial charge in [0.15, 0.2) is 0 Å². The van der Waals surface area contributed by atoms with Crippen LogP contribution < -0.4 is 10.6 Å². The van der Waals surface area contributed by atoms with Crippen molar-refractivity contribution in [3.63, 3.8) is 0 Å². The number of amides is 1. The lowest BCUT2D eigenvalue weighted by Crippen LogP contribution is -2.51. The topological polar surface area (TPSA) is 78.4 Å². The Bertz CT molecular complexity index is 351. The largest absolute Gasteiger partial charge is 0.481 e. The molecule has 114 valence electrons. The molecule has 0 aromatic rings. The Hall–Kier alpha value is -1.10. The first-order valence-electron chi connectivity index (χ1n) is 7.86. The van der Waals surface area contributed by atoms with Gasteiger partial charge in [-0.15, -0.1) is 0 Å². The summed E-state index contributed by atoms with van der Waals surface area (Å²) < 4.78 is 0. The molecule has 0 aromatic carbocycles. The Morgan fingerprint density at radius 2 is 1.90 bits per heavy atom. The molecule has 1 heterocycles. The molecular formula is C15H26N2O3. The number of carboxylic acids is 1. The van der Waals surface area contributed by atoms with E-state index in [0.717, 1.165) is 38.6 Å². The highest BCUT2D eigenvalue weighted by molar-refractivity contribution is 5.82. The smallest absolute Gasteiger partial charge is 0.306 e. The number of piperidine rings is 1. The Balaban J connectivity index is 1.76. The van der Waals surface area contributed by atoms with Gasteiger partial charge in [0, 0.05) is 6.04 Å². The van der Waals surface area contributed by atoms with Gasteiger partial charge in [-0.1, -0.05) is 13.3 Å². The van der Waals surface area contributed by atoms with Crippen molar-refractivity contribution >= 4 is 11.9 Å². The van der Waals surface area contributed by atoms with Gasteiger partial charge in [-0.2, -0.15) is 0 Å². The van der Waals surface area contributed by atoms with Gasteiger partial charge in [-0.25, -0.2) is 0 Å². The molecule has 5 nitrogen and oxygen atoms in total. The molecule has 2 atom stereocenters. The summed E-state index contributed by atoms with van der Waals surface area (Å²) in [6.45, 7) is 3.10. The van der Waals surface area contributed by atoms with E-state index < -0.39 is 5.97 Å². The molecule has 2 fully saturated rings. The third-order valence-electron chi connectivity index (χ3n) is 4.83. The van der Waals surface area contributed by atoms with Crippen molar-refractivity contribution in [3.05, 3.63) is 0 Å². The molecule has 1 amide bonds. The molecule has 0 spiro atoms. The maximum Gasteiger partial charge on any atom is 0.306 e. The molecule has 1 aliphatic heterocycles. The highest BCUT2D eigenvalue weighted by Gasteiger charge is 2.30. The van der Waals surface area contributed by atoms with Gasteiger partial charge < -0.3 is 15.7 Å². The van der Waals surface area contributed by atoms with Crippen molar-refractivity contribution in [2.75, 3.05) is 6.54 Å². The molecule has 2 aliphatic rings. The van der Waals surface area contributed by atoms with E-state index >= 15 is 0 Å². The van der Waals surface area contributed by atoms with Crippen molar-refractivity contribution in [2.45, 2.75) is 64.0 Å². The minimum absolute atomic E-state index is 0.0640. The summed E-state index contributed by atoms with van der Waals surface area (Å²) in [6.07, 6.45) is 6.14. The van der Waals surface area contributed by atoms with Crippen LogP contribution in [0.4, 0.5) is 0 Å². The van der Waals surface area contributed by atoms with Crippen molar-refractivity contribution in [1.82, 2.24) is 10.6 Å². The SMILES string of the molecule is CCC1CCNC(C(=O)NC2CCC(C(=O)O)CC2)C1. The summed E-state index contributed by atoms with van der Waals surface area (Å²) in [5.41, 5.74) is 0. The number of carboxylic acid groups (broad SMARTS) is 1. The number of nitrogens with one attached hydrogen (secondary N) is 2. The maximum absolute atomic E-state index is 12.3. The van der Waals surface area contributed by atoms with Crippen molar-refractivity contribution in [1.29, 1.82) is 0 Å². The average molecular weight is 282 g/mol. The first kappa shape index (κ1) is 15.3. The van der Waals surface area contributed by atoms with Crippen LogP contribution in [0.15, 0.2) is 0 Å². The lowest BCUT2D eigenvalue weighted by Gasteiger charge is -2.32. The molecule has 5 heteroatoms. The number of carbonyl (C=O) groups excluding carboxylic acids is 1. The molecule has 1 saturated heterocycles. The molecule has 20 heavy (non-hydrogen) atoms. The fraction of sp³-hybridized carbons (Fsp3) is 0.867. The van der Waals surface area contributed by atoms with Gasteiger partial charge in [0.25, 0.3) is 0 Å². The van der Waals surface area contributed by atoms with E-state index in [1.807, 2.05) is 0 Å². The molecular weight excluding hydrogens is 256 g/mol. The van der Waals surface area contributed by atoms with Gasteiger partial charge in [0.05, 0.1) is 12.0 Å². The van der Waals surface area contributed by atoms with Crippen LogP contribution in [0.3, 0.4) is 0 Å². The summed E-state index contributed by atoms with van der Waals surface area (Å²) in [6, 6.07) is 0.0906. The number of hydrogen-bond acceptors (Lipinski definition) is 3. The van der Waals surface area contributed by atoms with Crippen molar-refractivity contribution < 1.29 is 14.7 Å². The van der Waals surface area contributed by atoms with Crippen LogP contribution in [-0.4, -0.2) is 35.6 Å². The van der Waals surface area contributed by atoms with Crippen molar-refractivity contribution in [3.8, 4) is 0 Å². The second kappa shape index (κ2) is 7.07. The van der Waals surface area contributed by atoms with Crippen LogP contribution in [0.2, 0.25) is 0 Å². The number of carbonyl (C=O) groups is 2. The van der Waals surface area contributed by atoms with E-state index in [4.69, 9.17) is 5.11 Å². The minimum atomic E-state index is -0.700. The average Bonchev–Trinajstić information content (AvgIpc) is 2.47. The highest BCUT2D eigenvalue weighted by atomic mass is 16.4. The fourth-order valence-corrected chi connectivity index (χ4v) is 3.35. The summed E-state index contributed by atoms with van der Waals surface area (Å²) in [5.74, 6) is -0.174. The lowest BCUT2D eigenvalue weighted by atomic mass is 9.85. The number of hydrogen-bond donors (Lipinski definition) is 3. The van der Waals surface area contributed by atoms with Gasteiger partial charge in [0.2, 0.25) is 5.91 Å². The van der Waals surface area contributed by atoms with E-state index in [1.165, 1.54) is 0 Å². The molecule has 0 radical (unpaired) electrons.